The first kappa shape index (κ1) is 16.3. The van der Waals surface area contributed by atoms with Gasteiger partial charge < -0.3 is 15.0 Å². The van der Waals surface area contributed by atoms with Crippen molar-refractivity contribution in [1.29, 1.82) is 0 Å². The van der Waals surface area contributed by atoms with Crippen LogP contribution in [0.5, 0.6) is 5.75 Å². The largest absolute Gasteiger partial charge is 0.486 e. The van der Waals surface area contributed by atoms with E-state index >= 15 is 0 Å². The van der Waals surface area contributed by atoms with Gasteiger partial charge in [-0.3, -0.25) is 14.9 Å². The minimum atomic E-state index is -0.652. The lowest BCUT2D eigenvalue weighted by atomic mass is 10.1. The van der Waals surface area contributed by atoms with Crippen molar-refractivity contribution >= 4 is 17.8 Å². The van der Waals surface area contributed by atoms with Gasteiger partial charge in [0.1, 0.15) is 17.9 Å². The second-order valence-electron chi connectivity index (χ2n) is 6.06. The van der Waals surface area contributed by atoms with E-state index in [9.17, 15) is 14.4 Å². The molecule has 2 N–H and O–H groups in total. The average molecular weight is 331 g/mol. The fourth-order valence-electron chi connectivity index (χ4n) is 2.92. The first-order valence-electron chi connectivity index (χ1n) is 8.20. The zero-order chi connectivity index (χ0) is 17.1. The van der Waals surface area contributed by atoms with Crippen LogP contribution in [0, 0.1) is 0 Å². The maximum absolute atomic E-state index is 12.4. The van der Waals surface area contributed by atoms with Crippen LogP contribution in [0.15, 0.2) is 24.3 Å². The monoisotopic (exact) mass is 331 g/mol. The van der Waals surface area contributed by atoms with Crippen LogP contribution in [0.3, 0.4) is 0 Å². The molecule has 2 aliphatic heterocycles. The fourth-order valence-corrected chi connectivity index (χ4v) is 2.92. The Morgan fingerprint density at radius 1 is 1.29 bits per heavy atom. The van der Waals surface area contributed by atoms with Gasteiger partial charge in [-0.15, -0.1) is 0 Å². The number of amides is 4. The molecule has 0 saturated carbocycles. The van der Waals surface area contributed by atoms with Gasteiger partial charge in [-0.05, 0) is 24.5 Å². The molecule has 1 aromatic rings. The van der Waals surface area contributed by atoms with E-state index in [1.807, 2.05) is 24.3 Å². The number of imide groups is 1. The van der Waals surface area contributed by atoms with E-state index in [4.69, 9.17) is 4.74 Å². The van der Waals surface area contributed by atoms with Gasteiger partial charge in [0.15, 0.2) is 0 Å². The second kappa shape index (κ2) is 6.90. The maximum atomic E-state index is 12.4. The van der Waals surface area contributed by atoms with Gasteiger partial charge in [0.05, 0.1) is 13.1 Å². The van der Waals surface area contributed by atoms with Gasteiger partial charge in [-0.25, -0.2) is 4.79 Å². The molecule has 3 rings (SSSR count). The summed E-state index contributed by atoms with van der Waals surface area (Å²) in [6, 6.07) is 6.61. The number of carbonyl (C=O) groups excluding carboxylic acids is 3. The summed E-state index contributed by atoms with van der Waals surface area (Å²) in [7, 11) is 0. The number of nitrogens with zero attached hydrogens (tertiary/aromatic N) is 1. The molecular formula is C17H21N3O4. The van der Waals surface area contributed by atoms with Crippen LogP contribution in [0.25, 0.3) is 0 Å². The normalized spacial score (nSPS) is 21.4. The lowest BCUT2D eigenvalue weighted by molar-refractivity contribution is -0.142. The van der Waals surface area contributed by atoms with E-state index in [0.717, 1.165) is 17.7 Å². The lowest BCUT2D eigenvalue weighted by Gasteiger charge is -2.40. The molecule has 7 heteroatoms. The summed E-state index contributed by atoms with van der Waals surface area (Å²) in [5.74, 6) is 0.335. The Hall–Kier alpha value is -2.57. The Kier molecular flexibility index (Phi) is 4.69. The number of likely N-dealkylation sites (tertiary alicyclic amines) is 1. The number of urea groups is 1. The van der Waals surface area contributed by atoms with Crippen LogP contribution in [-0.4, -0.2) is 48.0 Å². The lowest BCUT2D eigenvalue weighted by Crippen LogP contribution is -2.61. The van der Waals surface area contributed by atoms with Crippen molar-refractivity contribution in [3.8, 4) is 5.75 Å². The van der Waals surface area contributed by atoms with Crippen LogP contribution in [-0.2, 0) is 16.0 Å². The number of nitrogens with one attached hydrogen (secondary N) is 2. The highest BCUT2D eigenvalue weighted by Crippen LogP contribution is 2.23. The van der Waals surface area contributed by atoms with Crippen molar-refractivity contribution in [2.45, 2.75) is 38.3 Å². The summed E-state index contributed by atoms with van der Waals surface area (Å²) in [4.78, 5) is 36.9. The average Bonchev–Trinajstić information content (AvgIpc) is 2.70. The van der Waals surface area contributed by atoms with Crippen molar-refractivity contribution in [1.82, 2.24) is 15.5 Å². The third-order valence-corrected chi connectivity index (χ3v) is 4.32. The molecule has 0 aromatic heterocycles. The molecule has 0 radical (unpaired) electrons. The highest BCUT2D eigenvalue weighted by molar-refractivity contribution is 5.98. The van der Waals surface area contributed by atoms with Crippen molar-refractivity contribution in [2.24, 2.45) is 0 Å². The zero-order valence-electron chi connectivity index (χ0n) is 13.6. The quantitative estimate of drug-likeness (QED) is 0.855. The molecule has 2 heterocycles. The summed E-state index contributed by atoms with van der Waals surface area (Å²) in [5, 5.41) is 4.71. The van der Waals surface area contributed by atoms with E-state index in [1.165, 1.54) is 0 Å². The molecular weight excluding hydrogens is 310 g/mol. The van der Waals surface area contributed by atoms with E-state index in [-0.39, 0.29) is 24.3 Å². The Bertz CT molecular complexity index is 655. The Labute approximate surface area is 140 Å². The van der Waals surface area contributed by atoms with Gasteiger partial charge >= 0.3 is 6.03 Å². The third-order valence-electron chi connectivity index (χ3n) is 4.32. The minimum absolute atomic E-state index is 0.0390. The van der Waals surface area contributed by atoms with Gasteiger partial charge in [-0.1, -0.05) is 25.1 Å². The van der Waals surface area contributed by atoms with Gasteiger partial charge in [0, 0.05) is 6.42 Å². The topological polar surface area (TPSA) is 87.7 Å². The van der Waals surface area contributed by atoms with E-state index in [1.54, 1.807) is 4.90 Å². The molecule has 2 aliphatic rings. The molecule has 0 spiro atoms. The zero-order valence-corrected chi connectivity index (χ0v) is 13.6. The van der Waals surface area contributed by atoms with E-state index < -0.39 is 12.1 Å². The summed E-state index contributed by atoms with van der Waals surface area (Å²) >= 11 is 0. The predicted molar refractivity (Wildman–Crippen MR) is 86.5 cm³/mol. The summed E-state index contributed by atoms with van der Waals surface area (Å²) in [5.41, 5.74) is 1.14. The molecule has 0 bridgehead atoms. The number of aryl methyl sites for hydroxylation is 1. The Morgan fingerprint density at radius 3 is 2.79 bits per heavy atom. The van der Waals surface area contributed by atoms with Crippen molar-refractivity contribution in [2.75, 3.05) is 13.1 Å². The Balaban J connectivity index is 1.53. The van der Waals surface area contributed by atoms with Gasteiger partial charge in [0.25, 0.3) is 0 Å². The highest BCUT2D eigenvalue weighted by Gasteiger charge is 2.37. The summed E-state index contributed by atoms with van der Waals surface area (Å²) < 4.78 is 5.96. The van der Waals surface area contributed by atoms with E-state index in [0.29, 0.717) is 19.5 Å². The predicted octanol–water partition coefficient (Wildman–Crippen LogP) is 0.827. The van der Waals surface area contributed by atoms with Crippen molar-refractivity contribution in [3.05, 3.63) is 29.8 Å². The van der Waals surface area contributed by atoms with Gasteiger partial charge in [0.2, 0.25) is 11.8 Å². The molecule has 7 nitrogen and oxygen atoms in total. The molecule has 0 unspecified atom stereocenters. The summed E-state index contributed by atoms with van der Waals surface area (Å²) in [6.45, 7) is 3.05. The molecule has 2 saturated heterocycles. The highest BCUT2D eigenvalue weighted by atomic mass is 16.5. The van der Waals surface area contributed by atoms with E-state index in [2.05, 4.69) is 17.6 Å². The minimum Gasteiger partial charge on any atom is -0.486 e. The summed E-state index contributed by atoms with van der Waals surface area (Å²) in [6.07, 6.45) is 1.33. The van der Waals surface area contributed by atoms with Crippen LogP contribution in [0.2, 0.25) is 0 Å². The first-order valence-corrected chi connectivity index (χ1v) is 8.20. The first-order chi connectivity index (χ1) is 11.6. The van der Waals surface area contributed by atoms with Crippen molar-refractivity contribution in [3.63, 3.8) is 0 Å². The third kappa shape index (κ3) is 3.50. The van der Waals surface area contributed by atoms with Gasteiger partial charge in [-0.2, -0.15) is 0 Å². The number of hydrogen-bond acceptors (Lipinski definition) is 4. The Morgan fingerprint density at radius 2 is 2.04 bits per heavy atom. The van der Waals surface area contributed by atoms with Crippen LogP contribution in [0.4, 0.5) is 4.79 Å². The molecule has 2 fully saturated rings. The molecule has 24 heavy (non-hydrogen) atoms. The molecule has 0 aliphatic carbocycles. The van der Waals surface area contributed by atoms with Crippen LogP contribution < -0.4 is 15.4 Å². The molecule has 4 amide bonds. The smallest absolute Gasteiger partial charge is 0.322 e. The van der Waals surface area contributed by atoms with Crippen LogP contribution in [0.1, 0.15) is 25.3 Å². The molecule has 1 atom stereocenters. The number of benzene rings is 1. The number of para-hydroxylation sites is 1. The SMILES string of the molecule is CCc1ccccc1OC1CN(C(=O)[C@H]2CCC(=O)NC(=O)N2)C1. The number of hydrogen-bond donors (Lipinski definition) is 2. The second-order valence-corrected chi connectivity index (χ2v) is 6.06. The number of rotatable bonds is 4. The fraction of sp³-hybridized carbons (Fsp3) is 0.471. The molecule has 128 valence electrons. The molecule has 1 aromatic carbocycles. The van der Waals surface area contributed by atoms with Crippen LogP contribution >= 0.6 is 0 Å². The van der Waals surface area contributed by atoms with Crippen molar-refractivity contribution < 1.29 is 19.1 Å². The number of ether oxygens (including phenoxy) is 1. The number of carbonyl (C=O) groups is 3. The standard InChI is InChI=1S/C17H21N3O4/c1-2-11-5-3-4-6-14(11)24-12-9-20(10-12)16(22)13-7-8-15(21)19-17(23)18-13/h3-6,12-13H,2,7-10H2,1H3,(H2,18,19,21,23)/t13-/m1/s1. The maximum Gasteiger partial charge on any atom is 0.322 e.